The lowest BCUT2D eigenvalue weighted by atomic mass is 10.1. The van der Waals surface area contributed by atoms with Gasteiger partial charge in [-0.15, -0.1) is 0 Å². The maximum atomic E-state index is 12.0. The Morgan fingerprint density at radius 3 is 1.93 bits per heavy atom. The minimum absolute atomic E-state index is 0.221. The van der Waals surface area contributed by atoms with E-state index in [4.69, 9.17) is 10.2 Å². The van der Waals surface area contributed by atoms with Crippen molar-refractivity contribution in [3.8, 4) is 0 Å². The van der Waals surface area contributed by atoms with E-state index in [-0.39, 0.29) is 12.8 Å². The van der Waals surface area contributed by atoms with E-state index in [1.165, 1.54) is 19.3 Å². The molecule has 0 saturated heterocycles. The summed E-state index contributed by atoms with van der Waals surface area (Å²) in [6, 6.07) is -2.67. The first-order valence-electron chi connectivity index (χ1n) is 9.47. The van der Waals surface area contributed by atoms with Gasteiger partial charge in [-0.2, -0.15) is 0 Å². The fraction of sp³-hybridized carbons (Fsp3) is 0.778. The van der Waals surface area contributed by atoms with Crippen LogP contribution in [-0.4, -0.2) is 57.8 Å². The van der Waals surface area contributed by atoms with Gasteiger partial charge in [0.25, 0.3) is 0 Å². The number of aliphatic carboxylic acids is 2. The van der Waals surface area contributed by atoms with E-state index < -0.39 is 48.9 Å². The SMILES string of the molecule is CCCCCCCCCC(=O)N[C@@H](CO)C(=O)N[C@H](CCC(=O)O)C(=O)O. The lowest BCUT2D eigenvalue weighted by molar-refractivity contribution is -0.143. The van der Waals surface area contributed by atoms with Gasteiger partial charge in [-0.1, -0.05) is 45.4 Å². The molecule has 2 atom stereocenters. The summed E-state index contributed by atoms with van der Waals surface area (Å²) in [7, 11) is 0. The predicted octanol–water partition coefficient (Wildman–Crippen LogP) is 1.04. The third-order valence-corrected chi connectivity index (χ3v) is 4.10. The highest BCUT2D eigenvalue weighted by Crippen LogP contribution is 2.08. The number of unbranched alkanes of at least 4 members (excludes halogenated alkanes) is 6. The molecule has 0 fully saturated rings. The minimum atomic E-state index is -1.40. The Morgan fingerprint density at radius 1 is 0.815 bits per heavy atom. The normalized spacial score (nSPS) is 12.8. The standard InChI is InChI=1S/C18H32N2O7/c1-2-3-4-5-6-7-8-9-15(22)19-14(12-21)17(25)20-13(18(26)27)10-11-16(23)24/h13-14,21H,2-12H2,1H3,(H,19,22)(H,20,25)(H,23,24)(H,26,27)/t13-,14+/m1/s1. The van der Waals surface area contributed by atoms with Crippen LogP contribution in [0.15, 0.2) is 0 Å². The number of aliphatic hydroxyl groups is 1. The Hall–Kier alpha value is -2.16. The number of aliphatic hydroxyl groups excluding tert-OH is 1. The van der Waals surface area contributed by atoms with Gasteiger partial charge in [-0.3, -0.25) is 14.4 Å². The summed E-state index contributed by atoms with van der Waals surface area (Å²) in [6.07, 6.45) is 6.82. The van der Waals surface area contributed by atoms with Crippen molar-refractivity contribution in [2.24, 2.45) is 0 Å². The smallest absolute Gasteiger partial charge is 0.326 e. The molecule has 27 heavy (non-hydrogen) atoms. The fourth-order valence-corrected chi connectivity index (χ4v) is 2.50. The largest absolute Gasteiger partial charge is 0.481 e. The molecule has 0 aliphatic heterocycles. The average molecular weight is 388 g/mol. The van der Waals surface area contributed by atoms with Crippen LogP contribution in [0.4, 0.5) is 0 Å². The molecule has 0 aliphatic rings. The van der Waals surface area contributed by atoms with Gasteiger partial charge in [-0.05, 0) is 12.8 Å². The van der Waals surface area contributed by atoms with Crippen molar-refractivity contribution in [3.63, 3.8) is 0 Å². The summed E-state index contributed by atoms with van der Waals surface area (Å²) in [4.78, 5) is 45.6. The second kappa shape index (κ2) is 15.0. The molecule has 0 saturated carbocycles. The molecule has 9 heteroatoms. The Morgan fingerprint density at radius 2 is 1.41 bits per heavy atom. The molecular formula is C18H32N2O7. The Labute approximate surface area is 159 Å². The number of rotatable bonds is 16. The molecule has 0 bridgehead atoms. The molecule has 0 radical (unpaired) electrons. The molecule has 0 spiro atoms. The van der Waals surface area contributed by atoms with Crippen molar-refractivity contribution < 1.29 is 34.5 Å². The van der Waals surface area contributed by atoms with Gasteiger partial charge in [0.05, 0.1) is 6.61 Å². The Kier molecular flexibility index (Phi) is 13.8. The van der Waals surface area contributed by atoms with Crippen molar-refractivity contribution in [2.45, 2.75) is 83.2 Å². The van der Waals surface area contributed by atoms with E-state index in [0.717, 1.165) is 19.3 Å². The van der Waals surface area contributed by atoms with Crippen molar-refractivity contribution in [2.75, 3.05) is 6.61 Å². The van der Waals surface area contributed by atoms with Crippen LogP contribution >= 0.6 is 0 Å². The summed E-state index contributed by atoms with van der Waals surface area (Å²) < 4.78 is 0. The summed E-state index contributed by atoms with van der Waals surface area (Å²) >= 11 is 0. The number of carboxylic acid groups (broad SMARTS) is 2. The van der Waals surface area contributed by atoms with Crippen LogP contribution in [0.5, 0.6) is 0 Å². The highest BCUT2D eigenvalue weighted by Gasteiger charge is 2.26. The quantitative estimate of drug-likeness (QED) is 0.248. The fourth-order valence-electron chi connectivity index (χ4n) is 2.50. The molecule has 156 valence electrons. The Balaban J connectivity index is 4.27. The molecule has 0 aromatic heterocycles. The van der Waals surface area contributed by atoms with Crippen molar-refractivity contribution >= 4 is 23.8 Å². The molecule has 5 N–H and O–H groups in total. The summed E-state index contributed by atoms with van der Waals surface area (Å²) in [6.45, 7) is 1.46. The minimum Gasteiger partial charge on any atom is -0.481 e. The van der Waals surface area contributed by atoms with Crippen LogP contribution < -0.4 is 10.6 Å². The first-order chi connectivity index (χ1) is 12.8. The van der Waals surface area contributed by atoms with Crippen molar-refractivity contribution in [1.82, 2.24) is 10.6 Å². The number of carbonyl (C=O) groups excluding carboxylic acids is 2. The van der Waals surface area contributed by atoms with E-state index in [1.807, 2.05) is 0 Å². The average Bonchev–Trinajstić information content (AvgIpc) is 2.61. The van der Waals surface area contributed by atoms with Crippen LogP contribution in [0.2, 0.25) is 0 Å². The highest BCUT2D eigenvalue weighted by molar-refractivity contribution is 5.90. The molecular weight excluding hydrogens is 356 g/mol. The predicted molar refractivity (Wildman–Crippen MR) is 98.1 cm³/mol. The molecule has 0 aliphatic carbocycles. The van der Waals surface area contributed by atoms with Gasteiger partial charge < -0.3 is 26.0 Å². The van der Waals surface area contributed by atoms with E-state index >= 15 is 0 Å². The third kappa shape index (κ3) is 12.8. The lowest BCUT2D eigenvalue weighted by Gasteiger charge is -2.19. The maximum absolute atomic E-state index is 12.0. The molecule has 2 amide bonds. The number of hydrogen-bond acceptors (Lipinski definition) is 5. The molecule has 9 nitrogen and oxygen atoms in total. The molecule has 0 aromatic rings. The zero-order chi connectivity index (χ0) is 20.7. The number of amides is 2. The molecule has 0 rings (SSSR count). The summed E-state index contributed by atoms with van der Waals surface area (Å²) in [5.41, 5.74) is 0. The van der Waals surface area contributed by atoms with Gasteiger partial charge in [0.1, 0.15) is 12.1 Å². The van der Waals surface area contributed by atoms with Crippen LogP contribution in [-0.2, 0) is 19.2 Å². The number of nitrogens with one attached hydrogen (secondary N) is 2. The van der Waals surface area contributed by atoms with Crippen LogP contribution in [0.3, 0.4) is 0 Å². The second-order valence-corrected chi connectivity index (χ2v) is 6.51. The summed E-state index contributed by atoms with van der Waals surface area (Å²) in [5, 5.41) is 31.5. The van der Waals surface area contributed by atoms with Gasteiger partial charge in [0.2, 0.25) is 11.8 Å². The lowest BCUT2D eigenvalue weighted by Crippen LogP contribution is -2.53. The number of carbonyl (C=O) groups is 4. The van der Waals surface area contributed by atoms with Gasteiger partial charge >= 0.3 is 11.9 Å². The molecule has 0 aromatic carbocycles. The Bertz CT molecular complexity index is 482. The van der Waals surface area contributed by atoms with E-state index in [9.17, 15) is 24.3 Å². The van der Waals surface area contributed by atoms with Crippen LogP contribution in [0.1, 0.15) is 71.1 Å². The monoisotopic (exact) mass is 388 g/mol. The first-order valence-corrected chi connectivity index (χ1v) is 9.47. The van der Waals surface area contributed by atoms with E-state index in [1.54, 1.807) is 0 Å². The van der Waals surface area contributed by atoms with Crippen molar-refractivity contribution in [3.05, 3.63) is 0 Å². The van der Waals surface area contributed by atoms with Gasteiger partial charge in [-0.25, -0.2) is 4.79 Å². The highest BCUT2D eigenvalue weighted by atomic mass is 16.4. The summed E-state index contributed by atoms with van der Waals surface area (Å²) in [5.74, 6) is -3.81. The molecule has 0 unspecified atom stereocenters. The zero-order valence-electron chi connectivity index (χ0n) is 15.9. The van der Waals surface area contributed by atoms with Crippen molar-refractivity contribution in [1.29, 1.82) is 0 Å². The van der Waals surface area contributed by atoms with Gasteiger partial charge in [0, 0.05) is 12.8 Å². The first kappa shape index (κ1) is 24.8. The van der Waals surface area contributed by atoms with E-state index in [2.05, 4.69) is 17.6 Å². The molecule has 0 heterocycles. The second-order valence-electron chi connectivity index (χ2n) is 6.51. The van der Waals surface area contributed by atoms with E-state index in [0.29, 0.717) is 6.42 Å². The van der Waals surface area contributed by atoms with Gasteiger partial charge in [0.15, 0.2) is 0 Å². The topological polar surface area (TPSA) is 153 Å². The van der Waals surface area contributed by atoms with Crippen LogP contribution in [0.25, 0.3) is 0 Å². The third-order valence-electron chi connectivity index (χ3n) is 4.10. The number of carboxylic acids is 2. The zero-order valence-corrected chi connectivity index (χ0v) is 15.9. The number of hydrogen-bond donors (Lipinski definition) is 5. The maximum Gasteiger partial charge on any atom is 0.326 e. The van der Waals surface area contributed by atoms with Crippen LogP contribution in [0, 0.1) is 0 Å².